The molecule has 0 unspecified atom stereocenters. The zero-order valence-corrected chi connectivity index (χ0v) is 14.3. The molecule has 1 fully saturated rings. The van der Waals surface area contributed by atoms with Gasteiger partial charge in [-0.3, -0.25) is 0 Å². The zero-order valence-electron chi connectivity index (χ0n) is 12.7. The van der Waals surface area contributed by atoms with Crippen LogP contribution in [-0.2, 0) is 6.54 Å². The van der Waals surface area contributed by atoms with Gasteiger partial charge in [0.2, 0.25) is 0 Å². The van der Waals surface area contributed by atoms with Crippen molar-refractivity contribution >= 4 is 27.1 Å². The van der Waals surface area contributed by atoms with Crippen LogP contribution in [0.25, 0.3) is 11.2 Å². The number of aryl methyl sites for hydroxylation is 2. The van der Waals surface area contributed by atoms with Crippen molar-refractivity contribution in [2.75, 3.05) is 0 Å². The molecular formula is C17H17BrN4. The predicted octanol–water partition coefficient (Wildman–Crippen LogP) is 4.13. The fourth-order valence-corrected chi connectivity index (χ4v) is 3.15. The molecule has 4 nitrogen and oxygen atoms in total. The maximum atomic E-state index is 4.90. The van der Waals surface area contributed by atoms with Gasteiger partial charge in [-0.05, 0) is 65.9 Å². The number of hydrogen-bond donors (Lipinski definition) is 0. The highest BCUT2D eigenvalue weighted by atomic mass is 79.9. The number of hydrogen-bond acceptors (Lipinski definition) is 3. The van der Waals surface area contributed by atoms with E-state index in [1.807, 2.05) is 19.2 Å². The van der Waals surface area contributed by atoms with Crippen LogP contribution in [-0.4, -0.2) is 19.5 Å². The minimum Gasteiger partial charge on any atom is -0.308 e. The molecule has 112 valence electrons. The average Bonchev–Trinajstić information content (AvgIpc) is 3.26. The van der Waals surface area contributed by atoms with Gasteiger partial charge in [0.1, 0.15) is 15.9 Å². The Kier molecular flexibility index (Phi) is 3.26. The van der Waals surface area contributed by atoms with Crippen LogP contribution >= 0.6 is 15.9 Å². The Bertz CT molecular complexity index is 847. The largest absolute Gasteiger partial charge is 0.308 e. The molecule has 4 rings (SSSR count). The maximum Gasteiger partial charge on any atom is 0.160 e. The molecule has 22 heavy (non-hydrogen) atoms. The summed E-state index contributed by atoms with van der Waals surface area (Å²) in [4.78, 5) is 14.0. The second-order valence-corrected chi connectivity index (χ2v) is 6.88. The third-order valence-corrected chi connectivity index (χ3v) is 4.59. The second-order valence-electron chi connectivity index (χ2n) is 6.07. The molecule has 0 atom stereocenters. The fraction of sp³-hybridized carbons (Fsp3) is 0.353. The quantitative estimate of drug-likeness (QED) is 0.662. The van der Waals surface area contributed by atoms with Crippen molar-refractivity contribution in [1.82, 2.24) is 19.5 Å². The molecule has 0 aromatic carbocycles. The first-order valence-electron chi connectivity index (χ1n) is 7.56. The lowest BCUT2D eigenvalue weighted by molar-refractivity contribution is 0.737. The molecule has 1 saturated carbocycles. The third-order valence-electron chi connectivity index (χ3n) is 4.12. The van der Waals surface area contributed by atoms with Crippen molar-refractivity contribution in [1.29, 1.82) is 0 Å². The summed E-state index contributed by atoms with van der Waals surface area (Å²) < 4.78 is 3.14. The molecule has 1 aliphatic rings. The van der Waals surface area contributed by atoms with E-state index in [1.165, 1.54) is 29.8 Å². The summed E-state index contributed by atoms with van der Waals surface area (Å²) in [5, 5.41) is 0. The standard InChI is InChI=1S/C17H17BrN4/c1-10-7-11(2)20-17-15(10)21-16(13-4-5-13)22(17)9-12-3-6-14(18)19-8-12/h3,6-8,13H,4-5,9H2,1-2H3. The number of nitrogens with zero attached hydrogens (tertiary/aromatic N) is 4. The van der Waals surface area contributed by atoms with Crippen molar-refractivity contribution in [3.05, 3.63) is 51.6 Å². The fourth-order valence-electron chi connectivity index (χ4n) is 2.91. The van der Waals surface area contributed by atoms with Crippen LogP contribution < -0.4 is 0 Å². The van der Waals surface area contributed by atoms with Crippen LogP contribution in [0.1, 0.15) is 41.4 Å². The van der Waals surface area contributed by atoms with Gasteiger partial charge in [0.05, 0.1) is 6.54 Å². The number of pyridine rings is 2. The first kappa shape index (κ1) is 13.9. The van der Waals surface area contributed by atoms with Gasteiger partial charge in [-0.15, -0.1) is 0 Å². The summed E-state index contributed by atoms with van der Waals surface area (Å²) in [5.41, 5.74) is 5.46. The van der Waals surface area contributed by atoms with E-state index >= 15 is 0 Å². The molecular weight excluding hydrogens is 340 g/mol. The van der Waals surface area contributed by atoms with E-state index in [4.69, 9.17) is 9.97 Å². The second kappa shape index (κ2) is 5.16. The first-order valence-corrected chi connectivity index (χ1v) is 8.36. The Hall–Kier alpha value is -1.75. The molecule has 3 aromatic heterocycles. The molecule has 3 aromatic rings. The number of rotatable bonds is 3. The van der Waals surface area contributed by atoms with Gasteiger partial charge < -0.3 is 4.57 Å². The van der Waals surface area contributed by atoms with E-state index in [2.05, 4.69) is 44.5 Å². The van der Waals surface area contributed by atoms with Gasteiger partial charge in [-0.1, -0.05) is 6.07 Å². The summed E-state index contributed by atoms with van der Waals surface area (Å²) in [5.74, 6) is 1.77. The lowest BCUT2D eigenvalue weighted by atomic mass is 10.2. The Morgan fingerprint density at radius 2 is 2.05 bits per heavy atom. The zero-order chi connectivity index (χ0) is 15.3. The van der Waals surface area contributed by atoms with Gasteiger partial charge in [-0.25, -0.2) is 15.0 Å². The highest BCUT2D eigenvalue weighted by molar-refractivity contribution is 9.10. The number of imidazole rings is 1. The Balaban J connectivity index is 1.86. The van der Waals surface area contributed by atoms with Crippen LogP contribution in [0, 0.1) is 13.8 Å². The van der Waals surface area contributed by atoms with Crippen molar-refractivity contribution in [2.24, 2.45) is 0 Å². The van der Waals surface area contributed by atoms with Crippen LogP contribution in [0.15, 0.2) is 29.0 Å². The summed E-state index contributed by atoms with van der Waals surface area (Å²) in [6.45, 7) is 4.94. The van der Waals surface area contributed by atoms with Gasteiger partial charge >= 0.3 is 0 Å². The molecule has 0 radical (unpaired) electrons. The summed E-state index contributed by atoms with van der Waals surface area (Å²) in [6, 6.07) is 6.19. The topological polar surface area (TPSA) is 43.6 Å². The minimum absolute atomic E-state index is 0.595. The normalized spacial score (nSPS) is 14.7. The smallest absolute Gasteiger partial charge is 0.160 e. The van der Waals surface area contributed by atoms with Crippen LogP contribution in [0.2, 0.25) is 0 Å². The van der Waals surface area contributed by atoms with Gasteiger partial charge in [0.15, 0.2) is 5.65 Å². The number of halogens is 1. The highest BCUT2D eigenvalue weighted by Gasteiger charge is 2.30. The van der Waals surface area contributed by atoms with E-state index in [0.717, 1.165) is 28.0 Å². The van der Waals surface area contributed by atoms with Gasteiger partial charge in [-0.2, -0.15) is 0 Å². The number of aromatic nitrogens is 4. The van der Waals surface area contributed by atoms with E-state index < -0.39 is 0 Å². The molecule has 0 saturated heterocycles. The molecule has 0 bridgehead atoms. The van der Waals surface area contributed by atoms with Crippen LogP contribution in [0.3, 0.4) is 0 Å². The molecule has 0 aliphatic heterocycles. The molecule has 0 N–H and O–H groups in total. The van der Waals surface area contributed by atoms with Crippen molar-refractivity contribution < 1.29 is 0 Å². The van der Waals surface area contributed by atoms with E-state index in [-0.39, 0.29) is 0 Å². The summed E-state index contributed by atoms with van der Waals surface area (Å²) >= 11 is 3.39. The lowest BCUT2D eigenvalue weighted by Gasteiger charge is -2.08. The molecule has 3 heterocycles. The predicted molar refractivity (Wildman–Crippen MR) is 90.0 cm³/mol. The Morgan fingerprint density at radius 3 is 2.73 bits per heavy atom. The molecule has 0 amide bonds. The van der Waals surface area contributed by atoms with Crippen LogP contribution in [0.4, 0.5) is 0 Å². The summed E-state index contributed by atoms with van der Waals surface area (Å²) in [7, 11) is 0. The molecule has 1 aliphatic carbocycles. The highest BCUT2D eigenvalue weighted by Crippen LogP contribution is 2.41. The molecule has 5 heteroatoms. The van der Waals surface area contributed by atoms with E-state index in [1.54, 1.807) is 0 Å². The average molecular weight is 357 g/mol. The van der Waals surface area contributed by atoms with Crippen molar-refractivity contribution in [3.8, 4) is 0 Å². The lowest BCUT2D eigenvalue weighted by Crippen LogP contribution is -2.06. The first-order chi connectivity index (χ1) is 10.6. The van der Waals surface area contributed by atoms with Gasteiger partial charge in [0.25, 0.3) is 0 Å². The maximum absolute atomic E-state index is 4.90. The third kappa shape index (κ3) is 2.43. The summed E-state index contributed by atoms with van der Waals surface area (Å²) in [6.07, 6.45) is 4.38. The number of fused-ring (bicyclic) bond motifs is 1. The van der Waals surface area contributed by atoms with E-state index in [0.29, 0.717) is 5.92 Å². The molecule has 0 spiro atoms. The SMILES string of the molecule is Cc1cc(C)c2nc(C3CC3)n(Cc3ccc(Br)nc3)c2n1. The Labute approximate surface area is 137 Å². The van der Waals surface area contributed by atoms with E-state index in [9.17, 15) is 0 Å². The van der Waals surface area contributed by atoms with Gasteiger partial charge in [0, 0.05) is 17.8 Å². The monoisotopic (exact) mass is 356 g/mol. The Morgan fingerprint density at radius 1 is 1.23 bits per heavy atom. The van der Waals surface area contributed by atoms with Crippen molar-refractivity contribution in [2.45, 2.75) is 39.2 Å². The van der Waals surface area contributed by atoms with Crippen LogP contribution in [0.5, 0.6) is 0 Å². The van der Waals surface area contributed by atoms with Crippen molar-refractivity contribution in [3.63, 3.8) is 0 Å². The minimum atomic E-state index is 0.595.